The molecule has 1 amide bonds. The third-order valence-corrected chi connectivity index (χ3v) is 2.48. The fourth-order valence-corrected chi connectivity index (χ4v) is 1.51. The topological polar surface area (TPSA) is 88.5 Å². The lowest BCUT2D eigenvalue weighted by Crippen LogP contribution is -2.42. The first-order valence-electron chi connectivity index (χ1n) is 6.03. The molecule has 0 bridgehead atoms. The summed E-state index contributed by atoms with van der Waals surface area (Å²) in [5.74, 6) is -1.40. The van der Waals surface area contributed by atoms with Crippen LogP contribution >= 0.6 is 0 Å². The molecular weight excluding hydrogens is 305 g/mol. The molecule has 0 fully saturated rings. The van der Waals surface area contributed by atoms with Gasteiger partial charge in [0.15, 0.2) is 0 Å². The van der Waals surface area contributed by atoms with Gasteiger partial charge in [0.2, 0.25) is 0 Å². The van der Waals surface area contributed by atoms with Crippen molar-refractivity contribution in [3.8, 4) is 0 Å². The van der Waals surface area contributed by atoms with Gasteiger partial charge in [0.25, 0.3) is 0 Å². The van der Waals surface area contributed by atoms with E-state index in [1.807, 2.05) is 5.32 Å². The maximum absolute atomic E-state index is 12.5. The van der Waals surface area contributed by atoms with Crippen molar-refractivity contribution in [1.29, 1.82) is 0 Å². The summed E-state index contributed by atoms with van der Waals surface area (Å²) in [4.78, 5) is 25.5. The molecule has 0 saturated carbocycles. The van der Waals surface area contributed by atoms with Gasteiger partial charge in [-0.1, -0.05) is 12.7 Å². The molecule has 1 atom stereocenters. The lowest BCUT2D eigenvalue weighted by molar-refractivity contribution is -0.141. The van der Waals surface area contributed by atoms with Crippen LogP contribution in [0.15, 0.2) is 31.0 Å². The van der Waals surface area contributed by atoms with Crippen LogP contribution in [0.2, 0.25) is 0 Å². The first-order chi connectivity index (χ1) is 10.2. The first kappa shape index (κ1) is 17.5. The first-order valence-corrected chi connectivity index (χ1v) is 6.03. The number of nitrogens with zero attached hydrogens (tertiary/aromatic N) is 1. The van der Waals surface area contributed by atoms with E-state index >= 15 is 0 Å². The number of pyridine rings is 1. The molecule has 1 heterocycles. The van der Waals surface area contributed by atoms with E-state index in [0.717, 1.165) is 12.3 Å². The lowest BCUT2D eigenvalue weighted by Gasteiger charge is -2.15. The Balaban J connectivity index is 2.81. The average molecular weight is 318 g/mol. The summed E-state index contributed by atoms with van der Waals surface area (Å²) >= 11 is 0. The number of hydrogen-bond acceptors (Lipinski definition) is 4. The summed E-state index contributed by atoms with van der Waals surface area (Å²) in [6.45, 7) is 3.19. The van der Waals surface area contributed by atoms with Crippen molar-refractivity contribution in [3.05, 3.63) is 42.2 Å². The minimum absolute atomic E-state index is 0.0683. The monoisotopic (exact) mass is 318 g/mol. The van der Waals surface area contributed by atoms with E-state index in [1.54, 1.807) is 0 Å². The van der Waals surface area contributed by atoms with E-state index in [2.05, 4.69) is 16.3 Å². The Morgan fingerprint density at radius 3 is 2.73 bits per heavy atom. The minimum atomic E-state index is -4.63. The highest BCUT2D eigenvalue weighted by atomic mass is 19.4. The number of alkyl halides is 3. The van der Waals surface area contributed by atoms with Crippen LogP contribution in [0.5, 0.6) is 0 Å². The Kier molecular flexibility index (Phi) is 5.90. The molecule has 6 nitrogen and oxygen atoms in total. The van der Waals surface area contributed by atoms with Gasteiger partial charge in [-0.3, -0.25) is 4.98 Å². The van der Waals surface area contributed by atoms with Gasteiger partial charge in [-0.05, 0) is 17.7 Å². The van der Waals surface area contributed by atoms with Gasteiger partial charge >= 0.3 is 18.2 Å². The zero-order valence-corrected chi connectivity index (χ0v) is 11.3. The minimum Gasteiger partial charge on any atom is -0.480 e. The van der Waals surface area contributed by atoms with Gasteiger partial charge in [0.05, 0.1) is 0 Å². The summed E-state index contributed by atoms with van der Waals surface area (Å²) < 4.78 is 42.2. The summed E-state index contributed by atoms with van der Waals surface area (Å²) in [5.41, 5.74) is -1.07. The summed E-state index contributed by atoms with van der Waals surface area (Å²) in [6, 6.07) is 0.537. The third-order valence-electron chi connectivity index (χ3n) is 2.48. The Morgan fingerprint density at radius 1 is 1.50 bits per heavy atom. The van der Waals surface area contributed by atoms with Crippen LogP contribution < -0.4 is 5.32 Å². The van der Waals surface area contributed by atoms with Crippen molar-refractivity contribution in [3.63, 3.8) is 0 Å². The summed E-state index contributed by atoms with van der Waals surface area (Å²) in [5, 5.41) is 11.1. The van der Waals surface area contributed by atoms with Crippen LogP contribution in [0.1, 0.15) is 11.3 Å². The van der Waals surface area contributed by atoms with E-state index in [9.17, 15) is 22.8 Å². The van der Waals surface area contributed by atoms with Gasteiger partial charge in [-0.15, -0.1) is 0 Å². The number of rotatable bonds is 6. The fraction of sp³-hybridized carbons (Fsp3) is 0.308. The lowest BCUT2D eigenvalue weighted by atomic mass is 10.1. The van der Waals surface area contributed by atoms with Gasteiger partial charge in [0.1, 0.15) is 18.3 Å². The van der Waals surface area contributed by atoms with Crippen LogP contribution in [0, 0.1) is 0 Å². The van der Waals surface area contributed by atoms with Crippen LogP contribution in [0.25, 0.3) is 0 Å². The third kappa shape index (κ3) is 5.43. The standard InChI is InChI=1S/C13H13F3N2O4/c1-2-5-22-12(21)18-9(11(19)20)6-8-3-4-17-10(7-8)13(14,15)16/h2-4,7,9H,1,5-6H2,(H,18,21)(H,19,20). The number of ether oxygens (including phenoxy) is 1. The maximum Gasteiger partial charge on any atom is 0.433 e. The Labute approximate surface area is 123 Å². The predicted molar refractivity (Wildman–Crippen MR) is 69.0 cm³/mol. The van der Waals surface area contributed by atoms with Gasteiger partial charge in [-0.25, -0.2) is 9.59 Å². The highest BCUT2D eigenvalue weighted by molar-refractivity contribution is 5.80. The van der Waals surface area contributed by atoms with E-state index in [1.165, 1.54) is 12.1 Å². The summed E-state index contributed by atoms with van der Waals surface area (Å²) in [7, 11) is 0. The number of hydrogen-bond donors (Lipinski definition) is 2. The smallest absolute Gasteiger partial charge is 0.433 e. The Hall–Kier alpha value is -2.58. The van der Waals surface area contributed by atoms with Gasteiger partial charge < -0.3 is 15.2 Å². The number of aromatic nitrogens is 1. The summed E-state index contributed by atoms with van der Waals surface area (Å²) in [6.07, 6.45) is -3.77. The van der Waals surface area contributed by atoms with Crippen molar-refractivity contribution in [2.75, 3.05) is 6.61 Å². The Bertz CT molecular complexity index is 560. The Morgan fingerprint density at radius 2 is 2.18 bits per heavy atom. The quantitative estimate of drug-likeness (QED) is 0.783. The van der Waals surface area contributed by atoms with Crippen molar-refractivity contribution < 1.29 is 32.6 Å². The predicted octanol–water partition coefficient (Wildman–Crippen LogP) is 2.01. The molecular formula is C13H13F3N2O4. The molecule has 120 valence electrons. The maximum atomic E-state index is 12.5. The molecule has 22 heavy (non-hydrogen) atoms. The molecule has 0 saturated heterocycles. The number of aliphatic carboxylic acids is 1. The number of amides is 1. The average Bonchev–Trinajstić information content (AvgIpc) is 2.43. The molecule has 1 aromatic rings. The molecule has 0 aromatic carbocycles. The second kappa shape index (κ2) is 7.43. The molecule has 0 radical (unpaired) electrons. The molecule has 1 rings (SSSR count). The van der Waals surface area contributed by atoms with Gasteiger partial charge in [-0.2, -0.15) is 13.2 Å². The molecule has 0 aliphatic carbocycles. The van der Waals surface area contributed by atoms with Crippen LogP contribution in [-0.2, 0) is 22.1 Å². The van der Waals surface area contributed by atoms with Crippen molar-refractivity contribution in [1.82, 2.24) is 10.3 Å². The number of carboxylic acids is 1. The molecule has 9 heteroatoms. The molecule has 2 N–H and O–H groups in total. The number of nitrogens with one attached hydrogen (secondary N) is 1. The zero-order chi connectivity index (χ0) is 16.8. The van der Waals surface area contributed by atoms with E-state index in [0.29, 0.717) is 0 Å². The number of carbonyl (C=O) groups is 2. The number of carbonyl (C=O) groups excluding carboxylic acids is 1. The SMILES string of the molecule is C=CCOC(=O)NC(Cc1ccnc(C(F)(F)F)c1)C(=O)O. The molecule has 0 spiro atoms. The highest BCUT2D eigenvalue weighted by Crippen LogP contribution is 2.27. The van der Waals surface area contributed by atoms with Crippen molar-refractivity contribution >= 4 is 12.1 Å². The number of alkyl carbamates (subject to hydrolysis) is 1. The number of halogens is 3. The van der Waals surface area contributed by atoms with Crippen LogP contribution in [0.3, 0.4) is 0 Å². The highest BCUT2D eigenvalue weighted by Gasteiger charge is 2.33. The van der Waals surface area contributed by atoms with E-state index in [4.69, 9.17) is 5.11 Å². The largest absolute Gasteiger partial charge is 0.480 e. The van der Waals surface area contributed by atoms with Crippen LogP contribution in [0.4, 0.5) is 18.0 Å². The molecule has 1 unspecified atom stereocenters. The molecule has 1 aromatic heterocycles. The van der Waals surface area contributed by atoms with E-state index in [-0.39, 0.29) is 18.6 Å². The van der Waals surface area contributed by atoms with Crippen LogP contribution in [-0.4, -0.2) is 34.8 Å². The molecule has 0 aliphatic rings. The zero-order valence-electron chi connectivity index (χ0n) is 11.3. The van der Waals surface area contributed by atoms with Crippen molar-refractivity contribution in [2.24, 2.45) is 0 Å². The fourth-order valence-electron chi connectivity index (χ4n) is 1.51. The van der Waals surface area contributed by atoms with Crippen molar-refractivity contribution in [2.45, 2.75) is 18.6 Å². The number of carboxylic acid groups (broad SMARTS) is 1. The second-order valence-electron chi connectivity index (χ2n) is 4.17. The normalized spacial score (nSPS) is 12.3. The van der Waals surface area contributed by atoms with E-state index < -0.39 is 30.0 Å². The molecule has 0 aliphatic heterocycles. The second-order valence-corrected chi connectivity index (χ2v) is 4.17. The van der Waals surface area contributed by atoms with Gasteiger partial charge in [0, 0.05) is 12.6 Å².